The number of para-hydroxylation sites is 1. The average Bonchev–Trinajstić information content (AvgIpc) is 2.84. The standard InChI is InChI=1S/C14H20N2O2S/c1-17-9-10-18-8-4-7-15-11-14-16-12-5-2-3-6-13(12)19-14/h2-3,5-6,15H,4,7-11H2,1H3. The smallest absolute Gasteiger partial charge is 0.108 e. The van der Waals surface area contributed by atoms with Crippen molar-refractivity contribution < 1.29 is 9.47 Å². The number of aromatic nitrogens is 1. The van der Waals surface area contributed by atoms with Gasteiger partial charge >= 0.3 is 0 Å². The highest BCUT2D eigenvalue weighted by Crippen LogP contribution is 2.21. The van der Waals surface area contributed by atoms with E-state index in [4.69, 9.17) is 9.47 Å². The van der Waals surface area contributed by atoms with E-state index in [1.165, 1.54) is 4.70 Å². The van der Waals surface area contributed by atoms with E-state index < -0.39 is 0 Å². The predicted molar refractivity (Wildman–Crippen MR) is 78.6 cm³/mol. The van der Waals surface area contributed by atoms with E-state index in [1.807, 2.05) is 6.07 Å². The molecule has 0 aliphatic carbocycles. The van der Waals surface area contributed by atoms with Gasteiger partial charge in [0.15, 0.2) is 0 Å². The van der Waals surface area contributed by atoms with Crippen LogP contribution >= 0.6 is 11.3 Å². The second-order valence-corrected chi connectivity index (χ2v) is 5.33. The lowest BCUT2D eigenvalue weighted by atomic mass is 10.3. The van der Waals surface area contributed by atoms with Gasteiger partial charge in [-0.1, -0.05) is 12.1 Å². The van der Waals surface area contributed by atoms with Gasteiger partial charge in [-0.25, -0.2) is 4.98 Å². The van der Waals surface area contributed by atoms with E-state index in [2.05, 4.69) is 28.5 Å². The molecule has 1 aromatic heterocycles. The predicted octanol–water partition coefficient (Wildman–Crippen LogP) is 2.44. The Bertz CT molecular complexity index is 454. The number of ether oxygens (including phenoxy) is 2. The molecule has 0 fully saturated rings. The fraction of sp³-hybridized carbons (Fsp3) is 0.500. The third-order valence-electron chi connectivity index (χ3n) is 2.69. The van der Waals surface area contributed by atoms with Crippen LogP contribution in [0.3, 0.4) is 0 Å². The van der Waals surface area contributed by atoms with Crippen LogP contribution in [0.4, 0.5) is 0 Å². The highest BCUT2D eigenvalue weighted by Gasteiger charge is 2.01. The normalized spacial score (nSPS) is 11.2. The Balaban J connectivity index is 1.60. The second-order valence-electron chi connectivity index (χ2n) is 4.21. The van der Waals surface area contributed by atoms with E-state index in [-0.39, 0.29) is 0 Å². The molecule has 104 valence electrons. The van der Waals surface area contributed by atoms with Gasteiger partial charge in [-0.15, -0.1) is 11.3 Å². The van der Waals surface area contributed by atoms with Crippen molar-refractivity contribution in [3.8, 4) is 0 Å². The SMILES string of the molecule is COCCOCCCNCc1nc2ccccc2s1. The van der Waals surface area contributed by atoms with Crippen LogP contribution in [0, 0.1) is 0 Å². The van der Waals surface area contributed by atoms with Gasteiger partial charge in [-0.3, -0.25) is 0 Å². The first-order valence-corrected chi connectivity index (χ1v) is 7.33. The van der Waals surface area contributed by atoms with Gasteiger partial charge in [0.2, 0.25) is 0 Å². The van der Waals surface area contributed by atoms with Gasteiger partial charge in [0.05, 0.1) is 23.4 Å². The molecule has 0 aliphatic heterocycles. The summed E-state index contributed by atoms with van der Waals surface area (Å²) in [5.41, 5.74) is 1.09. The summed E-state index contributed by atoms with van der Waals surface area (Å²) >= 11 is 1.75. The van der Waals surface area contributed by atoms with Gasteiger partial charge < -0.3 is 14.8 Å². The van der Waals surface area contributed by atoms with Gasteiger partial charge in [-0.05, 0) is 25.1 Å². The summed E-state index contributed by atoms with van der Waals surface area (Å²) in [6.45, 7) is 3.89. The summed E-state index contributed by atoms with van der Waals surface area (Å²) < 4.78 is 11.6. The van der Waals surface area contributed by atoms with Crippen molar-refractivity contribution in [1.82, 2.24) is 10.3 Å². The Morgan fingerprint density at radius 3 is 2.95 bits per heavy atom. The maximum Gasteiger partial charge on any atom is 0.108 e. The fourth-order valence-electron chi connectivity index (χ4n) is 1.73. The highest BCUT2D eigenvalue weighted by molar-refractivity contribution is 7.18. The van der Waals surface area contributed by atoms with Crippen LogP contribution < -0.4 is 5.32 Å². The van der Waals surface area contributed by atoms with Crippen molar-refractivity contribution in [1.29, 1.82) is 0 Å². The van der Waals surface area contributed by atoms with Crippen molar-refractivity contribution in [3.05, 3.63) is 29.3 Å². The molecule has 2 rings (SSSR count). The molecule has 0 unspecified atom stereocenters. The molecule has 0 bridgehead atoms. The molecule has 1 N–H and O–H groups in total. The first-order valence-electron chi connectivity index (χ1n) is 6.52. The molecular formula is C14H20N2O2S. The molecule has 0 radical (unpaired) electrons. The molecule has 0 saturated heterocycles. The lowest BCUT2D eigenvalue weighted by Crippen LogP contribution is -2.16. The first kappa shape index (κ1) is 14.4. The minimum Gasteiger partial charge on any atom is -0.382 e. The summed E-state index contributed by atoms with van der Waals surface area (Å²) in [4.78, 5) is 4.58. The Labute approximate surface area is 117 Å². The largest absolute Gasteiger partial charge is 0.382 e. The lowest BCUT2D eigenvalue weighted by molar-refractivity contribution is 0.0695. The second kappa shape index (κ2) is 8.22. The summed E-state index contributed by atoms with van der Waals surface area (Å²) in [6.07, 6.45) is 1.01. The molecular weight excluding hydrogens is 260 g/mol. The van der Waals surface area contributed by atoms with E-state index in [1.54, 1.807) is 18.4 Å². The topological polar surface area (TPSA) is 43.4 Å². The van der Waals surface area contributed by atoms with Crippen LogP contribution in [0.2, 0.25) is 0 Å². The Morgan fingerprint density at radius 2 is 2.11 bits per heavy atom. The highest BCUT2D eigenvalue weighted by atomic mass is 32.1. The van der Waals surface area contributed by atoms with Crippen molar-refractivity contribution in [2.45, 2.75) is 13.0 Å². The summed E-state index contributed by atoms with van der Waals surface area (Å²) in [5.74, 6) is 0. The van der Waals surface area contributed by atoms with Crippen LogP contribution in [0.25, 0.3) is 10.2 Å². The van der Waals surface area contributed by atoms with E-state index in [0.717, 1.165) is 36.6 Å². The Morgan fingerprint density at radius 1 is 1.21 bits per heavy atom. The number of thiazole rings is 1. The molecule has 0 saturated carbocycles. The first-order chi connectivity index (χ1) is 9.40. The molecule has 1 heterocycles. The minimum absolute atomic E-state index is 0.666. The fourth-order valence-corrected chi connectivity index (χ4v) is 2.67. The zero-order valence-electron chi connectivity index (χ0n) is 11.2. The molecule has 19 heavy (non-hydrogen) atoms. The zero-order chi connectivity index (χ0) is 13.3. The zero-order valence-corrected chi connectivity index (χ0v) is 12.0. The molecule has 5 heteroatoms. The number of nitrogens with zero attached hydrogens (tertiary/aromatic N) is 1. The van der Waals surface area contributed by atoms with Crippen LogP contribution in [-0.2, 0) is 16.0 Å². The molecule has 4 nitrogen and oxygen atoms in total. The third kappa shape index (κ3) is 4.87. The van der Waals surface area contributed by atoms with Crippen molar-refractivity contribution in [2.75, 3.05) is 33.5 Å². The molecule has 0 atom stereocenters. The molecule has 2 aromatic rings. The van der Waals surface area contributed by atoms with Gasteiger partial charge in [0.1, 0.15) is 5.01 Å². The summed E-state index contributed by atoms with van der Waals surface area (Å²) in [6, 6.07) is 8.24. The third-order valence-corrected chi connectivity index (χ3v) is 3.72. The average molecular weight is 280 g/mol. The number of benzene rings is 1. The monoisotopic (exact) mass is 280 g/mol. The van der Waals surface area contributed by atoms with E-state index in [0.29, 0.717) is 13.2 Å². The minimum atomic E-state index is 0.666. The van der Waals surface area contributed by atoms with E-state index in [9.17, 15) is 0 Å². The molecule has 0 amide bonds. The van der Waals surface area contributed by atoms with Crippen molar-refractivity contribution in [3.63, 3.8) is 0 Å². The van der Waals surface area contributed by atoms with E-state index >= 15 is 0 Å². The quantitative estimate of drug-likeness (QED) is 0.717. The number of rotatable bonds is 9. The maximum absolute atomic E-state index is 5.40. The van der Waals surface area contributed by atoms with Crippen LogP contribution in [-0.4, -0.2) is 38.5 Å². The Kier molecular flexibility index (Phi) is 6.23. The van der Waals surface area contributed by atoms with Gasteiger partial charge in [0.25, 0.3) is 0 Å². The lowest BCUT2D eigenvalue weighted by Gasteiger charge is -2.04. The molecule has 0 aliphatic rings. The number of hydrogen-bond donors (Lipinski definition) is 1. The van der Waals surface area contributed by atoms with Crippen molar-refractivity contribution >= 4 is 21.6 Å². The number of methoxy groups -OCH3 is 1. The maximum atomic E-state index is 5.40. The van der Waals surface area contributed by atoms with Crippen molar-refractivity contribution in [2.24, 2.45) is 0 Å². The van der Waals surface area contributed by atoms with Crippen LogP contribution in [0.1, 0.15) is 11.4 Å². The number of hydrogen-bond acceptors (Lipinski definition) is 5. The number of nitrogens with one attached hydrogen (secondary N) is 1. The van der Waals surface area contributed by atoms with Crippen LogP contribution in [0.15, 0.2) is 24.3 Å². The van der Waals surface area contributed by atoms with Gasteiger partial charge in [0, 0.05) is 20.3 Å². The summed E-state index contributed by atoms with van der Waals surface area (Å²) in [7, 11) is 1.68. The number of fused-ring (bicyclic) bond motifs is 1. The summed E-state index contributed by atoms with van der Waals surface area (Å²) in [5, 5.41) is 4.53. The molecule has 1 aromatic carbocycles. The molecule has 0 spiro atoms. The van der Waals surface area contributed by atoms with Crippen LogP contribution in [0.5, 0.6) is 0 Å². The van der Waals surface area contributed by atoms with Gasteiger partial charge in [-0.2, -0.15) is 0 Å². The Hall–Kier alpha value is -1.01.